The number of aromatic nitrogens is 2. The first-order chi connectivity index (χ1) is 12.5. The summed E-state index contributed by atoms with van der Waals surface area (Å²) in [6.45, 7) is 7.22. The van der Waals surface area contributed by atoms with E-state index in [2.05, 4.69) is 40.9 Å². The smallest absolute Gasteiger partial charge is 0.319 e. The van der Waals surface area contributed by atoms with Crippen LogP contribution in [0.15, 0.2) is 54.9 Å². The summed E-state index contributed by atoms with van der Waals surface area (Å²) in [7, 11) is 0. The van der Waals surface area contributed by atoms with Crippen LogP contribution in [0.5, 0.6) is 0 Å². The molecule has 1 heterocycles. The van der Waals surface area contributed by atoms with Gasteiger partial charge in [-0.15, -0.1) is 0 Å². The van der Waals surface area contributed by atoms with Crippen molar-refractivity contribution in [1.29, 1.82) is 0 Å². The van der Waals surface area contributed by atoms with Crippen molar-refractivity contribution in [2.45, 2.75) is 33.9 Å². The monoisotopic (exact) mass is 348 g/mol. The zero-order valence-corrected chi connectivity index (χ0v) is 15.4. The van der Waals surface area contributed by atoms with Gasteiger partial charge in [0.1, 0.15) is 0 Å². The summed E-state index contributed by atoms with van der Waals surface area (Å²) < 4.78 is 1.87. The van der Waals surface area contributed by atoms with Crippen molar-refractivity contribution in [3.63, 3.8) is 0 Å². The number of hydrogen-bond donors (Lipinski definition) is 2. The van der Waals surface area contributed by atoms with Gasteiger partial charge in [0.2, 0.25) is 0 Å². The molecule has 0 bridgehead atoms. The number of anilines is 1. The highest BCUT2D eigenvalue weighted by atomic mass is 16.2. The van der Waals surface area contributed by atoms with Crippen molar-refractivity contribution in [3.05, 3.63) is 82.7 Å². The topological polar surface area (TPSA) is 59.0 Å². The maximum Gasteiger partial charge on any atom is 0.319 e. The highest BCUT2D eigenvalue weighted by Crippen LogP contribution is 2.21. The van der Waals surface area contributed by atoms with E-state index in [-0.39, 0.29) is 6.03 Å². The van der Waals surface area contributed by atoms with Gasteiger partial charge in [0, 0.05) is 24.6 Å². The van der Waals surface area contributed by atoms with E-state index in [0.717, 1.165) is 27.9 Å². The highest BCUT2D eigenvalue weighted by Gasteiger charge is 2.09. The molecule has 2 N–H and O–H groups in total. The Morgan fingerprint density at radius 2 is 1.73 bits per heavy atom. The molecule has 2 aromatic carbocycles. The summed E-state index contributed by atoms with van der Waals surface area (Å²) in [4.78, 5) is 12.4. The third-order valence-corrected chi connectivity index (χ3v) is 4.36. The van der Waals surface area contributed by atoms with E-state index < -0.39 is 0 Å². The lowest BCUT2D eigenvalue weighted by Crippen LogP contribution is -2.29. The Bertz CT molecular complexity index is 877. The lowest BCUT2D eigenvalue weighted by molar-refractivity contribution is 0.251. The molecule has 0 saturated carbocycles. The van der Waals surface area contributed by atoms with Crippen molar-refractivity contribution in [2.75, 3.05) is 5.32 Å². The number of carbonyl (C=O) groups excluding carboxylic acids is 1. The second-order valence-corrected chi connectivity index (χ2v) is 6.55. The third kappa shape index (κ3) is 4.30. The van der Waals surface area contributed by atoms with E-state index in [9.17, 15) is 4.79 Å². The predicted molar refractivity (Wildman–Crippen MR) is 104 cm³/mol. The first-order valence-electron chi connectivity index (χ1n) is 8.70. The maximum atomic E-state index is 12.4. The quantitative estimate of drug-likeness (QED) is 0.727. The number of nitrogens with one attached hydrogen (secondary N) is 2. The fourth-order valence-electron chi connectivity index (χ4n) is 3.16. The normalized spacial score (nSPS) is 10.6. The average molecular weight is 348 g/mol. The van der Waals surface area contributed by atoms with Gasteiger partial charge in [0.15, 0.2) is 0 Å². The Morgan fingerprint density at radius 1 is 1.04 bits per heavy atom. The summed E-state index contributed by atoms with van der Waals surface area (Å²) in [5.41, 5.74) is 6.42. The van der Waals surface area contributed by atoms with Crippen LogP contribution in [0.2, 0.25) is 0 Å². The standard InChI is InChI=1S/C21H24N4O/c1-15-11-16(2)20(17(3)12-15)24-21(26)22-13-18-7-4-5-8-19(18)14-25-10-6-9-23-25/h4-12H,13-14H2,1-3H3,(H2,22,24,26). The number of nitrogens with zero attached hydrogens (tertiary/aromatic N) is 2. The molecule has 0 aliphatic rings. The van der Waals surface area contributed by atoms with Crippen LogP contribution >= 0.6 is 0 Å². The lowest BCUT2D eigenvalue weighted by Gasteiger charge is -2.15. The molecular weight excluding hydrogens is 324 g/mol. The molecule has 0 aliphatic heterocycles. The summed E-state index contributed by atoms with van der Waals surface area (Å²) in [5, 5.41) is 10.2. The van der Waals surface area contributed by atoms with Crippen LogP contribution in [0, 0.1) is 20.8 Å². The largest absolute Gasteiger partial charge is 0.334 e. The van der Waals surface area contributed by atoms with E-state index >= 15 is 0 Å². The molecule has 0 aliphatic carbocycles. The van der Waals surface area contributed by atoms with Crippen LogP contribution in [0.25, 0.3) is 0 Å². The SMILES string of the molecule is Cc1cc(C)c(NC(=O)NCc2ccccc2Cn2cccn2)c(C)c1. The first kappa shape index (κ1) is 17.7. The van der Waals surface area contributed by atoms with Gasteiger partial charge in [0.05, 0.1) is 6.54 Å². The minimum absolute atomic E-state index is 0.200. The van der Waals surface area contributed by atoms with Gasteiger partial charge < -0.3 is 10.6 Å². The van der Waals surface area contributed by atoms with Gasteiger partial charge in [-0.25, -0.2) is 4.79 Å². The fourth-order valence-corrected chi connectivity index (χ4v) is 3.16. The number of benzene rings is 2. The number of urea groups is 1. The van der Waals surface area contributed by atoms with E-state index in [1.807, 2.05) is 49.0 Å². The summed E-state index contributed by atoms with van der Waals surface area (Å²) in [6.07, 6.45) is 3.69. The molecule has 26 heavy (non-hydrogen) atoms. The molecule has 0 saturated heterocycles. The minimum atomic E-state index is -0.200. The van der Waals surface area contributed by atoms with E-state index in [1.54, 1.807) is 6.20 Å². The van der Waals surface area contributed by atoms with Gasteiger partial charge in [0.25, 0.3) is 0 Å². The number of rotatable bonds is 5. The third-order valence-electron chi connectivity index (χ3n) is 4.36. The van der Waals surface area contributed by atoms with Crippen molar-refractivity contribution in [2.24, 2.45) is 0 Å². The average Bonchev–Trinajstić information content (AvgIpc) is 3.10. The Balaban J connectivity index is 1.65. The number of aryl methyl sites for hydroxylation is 3. The summed E-state index contributed by atoms with van der Waals surface area (Å²) >= 11 is 0. The minimum Gasteiger partial charge on any atom is -0.334 e. The van der Waals surface area contributed by atoms with Gasteiger partial charge in [-0.1, -0.05) is 42.0 Å². The van der Waals surface area contributed by atoms with Crippen molar-refractivity contribution in [1.82, 2.24) is 15.1 Å². The zero-order valence-electron chi connectivity index (χ0n) is 15.4. The van der Waals surface area contributed by atoms with Crippen LogP contribution in [0.3, 0.4) is 0 Å². The Kier molecular flexibility index (Phi) is 5.37. The maximum absolute atomic E-state index is 12.4. The second-order valence-electron chi connectivity index (χ2n) is 6.55. The predicted octanol–water partition coefficient (Wildman–Crippen LogP) is 4.18. The molecule has 0 fully saturated rings. The Morgan fingerprint density at radius 3 is 2.38 bits per heavy atom. The van der Waals surface area contributed by atoms with Crippen molar-refractivity contribution < 1.29 is 4.79 Å². The molecule has 2 amide bonds. The molecule has 1 aromatic heterocycles. The summed E-state index contributed by atoms with van der Waals surface area (Å²) in [5.74, 6) is 0. The zero-order chi connectivity index (χ0) is 18.5. The Hall–Kier alpha value is -3.08. The van der Waals surface area contributed by atoms with Gasteiger partial charge >= 0.3 is 6.03 Å². The molecule has 0 unspecified atom stereocenters. The van der Waals surface area contributed by atoms with Crippen LogP contribution < -0.4 is 10.6 Å². The van der Waals surface area contributed by atoms with E-state index in [4.69, 9.17) is 0 Å². The molecule has 3 aromatic rings. The molecule has 0 spiro atoms. The number of hydrogen-bond acceptors (Lipinski definition) is 2. The first-order valence-corrected chi connectivity index (χ1v) is 8.70. The van der Waals surface area contributed by atoms with Crippen LogP contribution in [0.1, 0.15) is 27.8 Å². The second kappa shape index (κ2) is 7.87. The van der Waals surface area contributed by atoms with E-state index in [0.29, 0.717) is 13.1 Å². The van der Waals surface area contributed by atoms with Crippen LogP contribution in [-0.4, -0.2) is 15.8 Å². The summed E-state index contributed by atoms with van der Waals surface area (Å²) in [6, 6.07) is 13.9. The number of amides is 2. The molecule has 0 atom stereocenters. The van der Waals surface area contributed by atoms with Crippen LogP contribution in [0.4, 0.5) is 10.5 Å². The van der Waals surface area contributed by atoms with Crippen LogP contribution in [-0.2, 0) is 13.1 Å². The van der Waals surface area contributed by atoms with Gasteiger partial charge in [-0.05, 0) is 49.1 Å². The molecule has 5 heteroatoms. The van der Waals surface area contributed by atoms with Crippen molar-refractivity contribution >= 4 is 11.7 Å². The number of carbonyl (C=O) groups is 1. The molecule has 5 nitrogen and oxygen atoms in total. The lowest BCUT2D eigenvalue weighted by atomic mass is 10.1. The molecule has 0 radical (unpaired) electrons. The van der Waals surface area contributed by atoms with Gasteiger partial charge in [-0.2, -0.15) is 5.10 Å². The Labute approximate surface area is 154 Å². The highest BCUT2D eigenvalue weighted by molar-refractivity contribution is 5.91. The van der Waals surface area contributed by atoms with Gasteiger partial charge in [-0.3, -0.25) is 4.68 Å². The molecule has 3 rings (SSSR count). The molecule has 134 valence electrons. The fraction of sp³-hybridized carbons (Fsp3) is 0.238. The van der Waals surface area contributed by atoms with Crippen molar-refractivity contribution in [3.8, 4) is 0 Å². The molecular formula is C21H24N4O. The van der Waals surface area contributed by atoms with E-state index in [1.165, 1.54) is 5.56 Å².